The molecule has 0 spiro atoms. The first-order valence-corrected chi connectivity index (χ1v) is 6.02. The van der Waals surface area contributed by atoms with Gasteiger partial charge in [0.15, 0.2) is 0 Å². The third kappa shape index (κ3) is 4.33. The van der Waals surface area contributed by atoms with Crippen molar-refractivity contribution in [2.75, 3.05) is 13.7 Å². The van der Waals surface area contributed by atoms with Crippen molar-refractivity contribution in [3.63, 3.8) is 0 Å². The maximum atomic E-state index is 10.9. The molecule has 1 rings (SSSR count). The van der Waals surface area contributed by atoms with Crippen molar-refractivity contribution in [3.8, 4) is 5.88 Å². The number of carboxylic acid groups (broad SMARTS) is 1. The number of rotatable bonds is 7. The molecule has 1 atom stereocenters. The van der Waals surface area contributed by atoms with Gasteiger partial charge in [0.25, 0.3) is 0 Å². The van der Waals surface area contributed by atoms with Gasteiger partial charge in [-0.3, -0.25) is 9.69 Å². The average molecular weight is 252 g/mol. The molecule has 0 saturated heterocycles. The first-order valence-electron chi connectivity index (χ1n) is 6.02. The van der Waals surface area contributed by atoms with Gasteiger partial charge in [0.05, 0.1) is 19.3 Å². The molecule has 0 radical (unpaired) electrons. The van der Waals surface area contributed by atoms with E-state index in [-0.39, 0.29) is 12.6 Å². The lowest BCUT2D eigenvalue weighted by atomic mass is 10.2. The zero-order chi connectivity index (χ0) is 13.5. The highest BCUT2D eigenvalue weighted by molar-refractivity contribution is 5.69. The number of hydrogen-bond acceptors (Lipinski definition) is 4. The Labute approximate surface area is 107 Å². The molecule has 1 aromatic rings. The minimum absolute atomic E-state index is 0.0217. The minimum atomic E-state index is -0.821. The fourth-order valence-corrected chi connectivity index (χ4v) is 1.67. The molecule has 0 fully saturated rings. The summed E-state index contributed by atoms with van der Waals surface area (Å²) in [5.41, 5.74) is 0.816. The normalized spacial score (nSPS) is 12.4. The Morgan fingerprint density at radius 1 is 1.56 bits per heavy atom. The van der Waals surface area contributed by atoms with Crippen LogP contribution in [0.5, 0.6) is 5.88 Å². The van der Waals surface area contributed by atoms with E-state index in [9.17, 15) is 4.79 Å². The maximum Gasteiger partial charge on any atom is 0.317 e. The van der Waals surface area contributed by atoms with Gasteiger partial charge in [-0.1, -0.05) is 13.0 Å². The van der Waals surface area contributed by atoms with E-state index in [0.29, 0.717) is 12.4 Å². The Morgan fingerprint density at radius 2 is 2.28 bits per heavy atom. The second-order valence-electron chi connectivity index (χ2n) is 4.23. The maximum absolute atomic E-state index is 10.9. The van der Waals surface area contributed by atoms with E-state index >= 15 is 0 Å². The number of carbonyl (C=O) groups is 1. The molecule has 1 unspecified atom stereocenters. The Hall–Kier alpha value is -1.62. The highest BCUT2D eigenvalue weighted by Crippen LogP contribution is 2.12. The standard InChI is InChI=1S/C13H20N2O3/c1-4-10(2)15(9-13(16)17)8-11-6-5-7-12(14-11)18-3/h5-7,10H,4,8-9H2,1-3H3,(H,16,17). The summed E-state index contributed by atoms with van der Waals surface area (Å²) in [6.45, 7) is 4.59. The first-order chi connectivity index (χ1) is 8.56. The zero-order valence-corrected chi connectivity index (χ0v) is 11.1. The Morgan fingerprint density at radius 3 is 2.83 bits per heavy atom. The van der Waals surface area contributed by atoms with E-state index in [1.54, 1.807) is 13.2 Å². The monoisotopic (exact) mass is 252 g/mol. The van der Waals surface area contributed by atoms with Crippen LogP contribution in [0, 0.1) is 0 Å². The lowest BCUT2D eigenvalue weighted by Crippen LogP contribution is -2.36. The number of aromatic nitrogens is 1. The number of nitrogens with zero attached hydrogens (tertiary/aromatic N) is 2. The number of hydrogen-bond donors (Lipinski definition) is 1. The summed E-state index contributed by atoms with van der Waals surface area (Å²) in [5, 5.41) is 8.92. The molecule has 0 amide bonds. The van der Waals surface area contributed by atoms with Gasteiger partial charge >= 0.3 is 5.97 Å². The number of pyridine rings is 1. The van der Waals surface area contributed by atoms with E-state index in [2.05, 4.69) is 4.98 Å². The van der Waals surface area contributed by atoms with Gasteiger partial charge in [0.1, 0.15) is 0 Å². The number of aliphatic carboxylic acids is 1. The summed E-state index contributed by atoms with van der Waals surface area (Å²) in [7, 11) is 1.57. The molecule has 0 aliphatic heterocycles. The number of ether oxygens (including phenoxy) is 1. The van der Waals surface area contributed by atoms with Crippen molar-refractivity contribution in [3.05, 3.63) is 23.9 Å². The molecular formula is C13H20N2O3. The molecule has 0 saturated carbocycles. The van der Waals surface area contributed by atoms with Crippen LogP contribution in [0.3, 0.4) is 0 Å². The molecule has 1 heterocycles. The van der Waals surface area contributed by atoms with Crippen molar-refractivity contribution in [2.24, 2.45) is 0 Å². The van der Waals surface area contributed by atoms with Crippen LogP contribution in [-0.2, 0) is 11.3 Å². The smallest absolute Gasteiger partial charge is 0.317 e. The largest absolute Gasteiger partial charge is 0.481 e. The molecule has 0 bridgehead atoms. The van der Waals surface area contributed by atoms with Gasteiger partial charge in [-0.05, 0) is 19.4 Å². The van der Waals surface area contributed by atoms with Crippen LogP contribution in [0.1, 0.15) is 26.0 Å². The van der Waals surface area contributed by atoms with E-state index in [1.165, 1.54) is 0 Å². The van der Waals surface area contributed by atoms with Crippen LogP contribution in [-0.4, -0.2) is 40.7 Å². The van der Waals surface area contributed by atoms with Crippen molar-refractivity contribution >= 4 is 5.97 Å². The van der Waals surface area contributed by atoms with Crippen molar-refractivity contribution in [1.29, 1.82) is 0 Å². The third-order valence-corrected chi connectivity index (χ3v) is 2.91. The highest BCUT2D eigenvalue weighted by atomic mass is 16.5. The van der Waals surface area contributed by atoms with Gasteiger partial charge in [-0.25, -0.2) is 4.98 Å². The fourth-order valence-electron chi connectivity index (χ4n) is 1.67. The van der Waals surface area contributed by atoms with Crippen LogP contribution in [0.2, 0.25) is 0 Å². The molecule has 0 aromatic carbocycles. The summed E-state index contributed by atoms with van der Waals surface area (Å²) in [6.07, 6.45) is 0.900. The molecule has 0 aliphatic carbocycles. The van der Waals surface area contributed by atoms with E-state index < -0.39 is 5.97 Å². The van der Waals surface area contributed by atoms with Crippen molar-refractivity contribution in [2.45, 2.75) is 32.9 Å². The second-order valence-corrected chi connectivity index (χ2v) is 4.23. The number of carboxylic acids is 1. The van der Waals surface area contributed by atoms with Gasteiger partial charge in [-0.15, -0.1) is 0 Å². The third-order valence-electron chi connectivity index (χ3n) is 2.91. The summed E-state index contributed by atoms with van der Waals surface area (Å²) in [5.74, 6) is -0.273. The Bertz CT molecular complexity index is 396. The van der Waals surface area contributed by atoms with Crippen LogP contribution in [0.15, 0.2) is 18.2 Å². The fraction of sp³-hybridized carbons (Fsp3) is 0.538. The molecule has 5 nitrogen and oxygen atoms in total. The number of methoxy groups -OCH3 is 1. The SMILES string of the molecule is CCC(C)N(CC(=O)O)Cc1cccc(OC)n1. The molecule has 18 heavy (non-hydrogen) atoms. The summed E-state index contributed by atoms with van der Waals surface area (Å²) < 4.78 is 5.06. The van der Waals surface area contributed by atoms with Crippen LogP contribution < -0.4 is 4.74 Å². The molecular weight excluding hydrogens is 232 g/mol. The predicted octanol–water partition coefficient (Wildman–Crippen LogP) is 1.78. The summed E-state index contributed by atoms with van der Waals surface area (Å²) in [4.78, 5) is 17.0. The topological polar surface area (TPSA) is 62.7 Å². The quantitative estimate of drug-likeness (QED) is 0.801. The molecule has 0 aliphatic rings. The van der Waals surface area contributed by atoms with Gasteiger partial charge in [0, 0.05) is 18.7 Å². The second kappa shape index (κ2) is 6.96. The van der Waals surface area contributed by atoms with Gasteiger partial charge < -0.3 is 9.84 Å². The van der Waals surface area contributed by atoms with E-state index in [0.717, 1.165) is 12.1 Å². The van der Waals surface area contributed by atoms with Gasteiger partial charge in [-0.2, -0.15) is 0 Å². The molecule has 5 heteroatoms. The van der Waals surface area contributed by atoms with Crippen molar-refractivity contribution < 1.29 is 14.6 Å². The highest BCUT2D eigenvalue weighted by Gasteiger charge is 2.16. The van der Waals surface area contributed by atoms with Gasteiger partial charge in [0.2, 0.25) is 5.88 Å². The molecule has 100 valence electrons. The van der Waals surface area contributed by atoms with E-state index in [1.807, 2.05) is 30.9 Å². The van der Waals surface area contributed by atoms with Crippen LogP contribution >= 0.6 is 0 Å². The minimum Gasteiger partial charge on any atom is -0.481 e. The average Bonchev–Trinajstić information content (AvgIpc) is 2.36. The summed E-state index contributed by atoms with van der Waals surface area (Å²) >= 11 is 0. The van der Waals surface area contributed by atoms with Crippen LogP contribution in [0.25, 0.3) is 0 Å². The Kier molecular flexibility index (Phi) is 5.58. The lowest BCUT2D eigenvalue weighted by molar-refractivity contribution is -0.139. The van der Waals surface area contributed by atoms with Crippen molar-refractivity contribution in [1.82, 2.24) is 9.88 Å². The zero-order valence-electron chi connectivity index (χ0n) is 11.1. The molecule has 1 aromatic heterocycles. The summed E-state index contributed by atoms with van der Waals surface area (Å²) in [6, 6.07) is 5.71. The molecule has 1 N–H and O–H groups in total. The lowest BCUT2D eigenvalue weighted by Gasteiger charge is -2.26. The van der Waals surface area contributed by atoms with E-state index in [4.69, 9.17) is 9.84 Å². The Balaban J connectivity index is 2.77. The predicted molar refractivity (Wildman–Crippen MR) is 68.6 cm³/mol. The van der Waals surface area contributed by atoms with Crippen LogP contribution in [0.4, 0.5) is 0 Å². The first kappa shape index (κ1) is 14.4.